The molecule has 1 aliphatic rings. The van der Waals surface area contributed by atoms with Crippen LogP contribution in [-0.4, -0.2) is 30.5 Å². The lowest BCUT2D eigenvalue weighted by atomic mass is 10.0. The fourth-order valence-corrected chi connectivity index (χ4v) is 2.53. The number of rotatable bonds is 4. The Morgan fingerprint density at radius 2 is 2.25 bits per heavy atom. The summed E-state index contributed by atoms with van der Waals surface area (Å²) in [6.45, 7) is 4.45. The summed E-state index contributed by atoms with van der Waals surface area (Å²) in [6, 6.07) is 7.30. The second-order valence-corrected chi connectivity index (χ2v) is 5.59. The quantitative estimate of drug-likeness (QED) is 0.860. The molecular weight excluding hydrogens is 252 g/mol. The highest BCUT2D eigenvalue weighted by molar-refractivity contribution is 5.76. The van der Waals surface area contributed by atoms with Gasteiger partial charge in [0.1, 0.15) is 5.75 Å². The molecular formula is C16H24N2O2. The molecule has 1 amide bonds. The molecule has 4 heteroatoms. The van der Waals surface area contributed by atoms with E-state index in [2.05, 4.69) is 6.92 Å². The zero-order valence-electron chi connectivity index (χ0n) is 12.2. The lowest BCUT2D eigenvalue weighted by Gasteiger charge is -2.20. The monoisotopic (exact) mass is 276 g/mol. The van der Waals surface area contributed by atoms with E-state index in [1.165, 1.54) is 6.42 Å². The highest BCUT2D eigenvalue weighted by Crippen LogP contribution is 2.18. The van der Waals surface area contributed by atoms with E-state index in [9.17, 15) is 4.79 Å². The molecule has 0 spiro atoms. The minimum Gasteiger partial charge on any atom is -0.493 e. The number of carbonyl (C=O) groups excluding carboxylic acids is 1. The number of ether oxygens (including phenoxy) is 1. The van der Waals surface area contributed by atoms with Crippen molar-refractivity contribution in [1.82, 2.24) is 4.90 Å². The predicted octanol–water partition coefficient (Wildman–Crippen LogP) is 2.69. The van der Waals surface area contributed by atoms with Gasteiger partial charge in [-0.2, -0.15) is 0 Å². The molecule has 4 nitrogen and oxygen atoms in total. The normalized spacial score (nSPS) is 19.4. The van der Waals surface area contributed by atoms with Crippen molar-refractivity contribution in [3.8, 4) is 5.75 Å². The maximum Gasteiger partial charge on any atom is 0.225 e. The summed E-state index contributed by atoms with van der Waals surface area (Å²) in [5.41, 5.74) is 6.36. The average Bonchev–Trinajstić information content (AvgIpc) is 2.63. The van der Waals surface area contributed by atoms with E-state index in [1.807, 2.05) is 23.1 Å². The van der Waals surface area contributed by atoms with E-state index in [-0.39, 0.29) is 5.91 Å². The number of hydrogen-bond donors (Lipinski definition) is 1. The number of likely N-dealkylation sites (tertiary alicyclic amines) is 1. The first kappa shape index (κ1) is 14.7. The van der Waals surface area contributed by atoms with Crippen LogP contribution in [0.5, 0.6) is 5.75 Å². The summed E-state index contributed by atoms with van der Waals surface area (Å²) in [4.78, 5) is 14.1. The molecule has 20 heavy (non-hydrogen) atoms. The molecule has 1 aromatic rings. The largest absolute Gasteiger partial charge is 0.493 e. The zero-order chi connectivity index (χ0) is 14.4. The molecule has 0 aromatic heterocycles. The second-order valence-electron chi connectivity index (χ2n) is 5.59. The molecule has 1 saturated heterocycles. The lowest BCUT2D eigenvalue weighted by molar-refractivity contribution is -0.131. The van der Waals surface area contributed by atoms with Gasteiger partial charge in [0.25, 0.3) is 0 Å². The van der Waals surface area contributed by atoms with Gasteiger partial charge in [0.15, 0.2) is 0 Å². The van der Waals surface area contributed by atoms with Crippen molar-refractivity contribution in [2.45, 2.75) is 32.6 Å². The van der Waals surface area contributed by atoms with Gasteiger partial charge < -0.3 is 15.4 Å². The third-order valence-corrected chi connectivity index (χ3v) is 3.81. The fourth-order valence-electron chi connectivity index (χ4n) is 2.53. The fraction of sp³-hybridized carbons (Fsp3) is 0.562. The molecule has 0 bridgehead atoms. The second kappa shape index (κ2) is 7.17. The molecule has 0 radical (unpaired) electrons. The summed E-state index contributed by atoms with van der Waals surface area (Å²) >= 11 is 0. The molecule has 1 aliphatic heterocycles. The number of hydrogen-bond acceptors (Lipinski definition) is 3. The Kier molecular flexibility index (Phi) is 5.27. The van der Waals surface area contributed by atoms with Crippen molar-refractivity contribution in [2.24, 2.45) is 5.92 Å². The van der Waals surface area contributed by atoms with E-state index in [0.29, 0.717) is 18.7 Å². The van der Waals surface area contributed by atoms with E-state index in [1.54, 1.807) is 6.07 Å². The number of amides is 1. The Labute approximate surface area is 120 Å². The number of anilines is 1. The highest BCUT2D eigenvalue weighted by Gasteiger charge is 2.18. The van der Waals surface area contributed by atoms with Crippen LogP contribution < -0.4 is 10.5 Å². The minimum atomic E-state index is 0.197. The van der Waals surface area contributed by atoms with E-state index >= 15 is 0 Å². The van der Waals surface area contributed by atoms with Gasteiger partial charge in [-0.3, -0.25) is 4.79 Å². The van der Waals surface area contributed by atoms with Crippen LogP contribution in [0.2, 0.25) is 0 Å². The van der Waals surface area contributed by atoms with Crippen molar-refractivity contribution in [3.63, 3.8) is 0 Å². The van der Waals surface area contributed by atoms with Gasteiger partial charge in [-0.25, -0.2) is 0 Å². The van der Waals surface area contributed by atoms with Gasteiger partial charge in [0.2, 0.25) is 5.91 Å². The number of nitrogens with two attached hydrogens (primary N) is 1. The van der Waals surface area contributed by atoms with Gasteiger partial charge in [-0.05, 0) is 37.3 Å². The van der Waals surface area contributed by atoms with Crippen LogP contribution in [0.3, 0.4) is 0 Å². The first-order valence-electron chi connectivity index (χ1n) is 7.41. The lowest BCUT2D eigenvalue weighted by Crippen LogP contribution is -2.32. The molecule has 1 aromatic carbocycles. The Hall–Kier alpha value is -1.71. The number of nitrogen functional groups attached to an aromatic ring is 1. The first-order chi connectivity index (χ1) is 9.65. The highest BCUT2D eigenvalue weighted by atomic mass is 16.5. The van der Waals surface area contributed by atoms with Crippen molar-refractivity contribution in [3.05, 3.63) is 24.3 Å². The maximum absolute atomic E-state index is 12.1. The number of carbonyl (C=O) groups is 1. The smallest absolute Gasteiger partial charge is 0.225 e. The molecule has 110 valence electrons. The summed E-state index contributed by atoms with van der Waals surface area (Å²) in [5, 5.41) is 0. The Bertz CT molecular complexity index is 448. The summed E-state index contributed by atoms with van der Waals surface area (Å²) in [6.07, 6.45) is 3.89. The van der Waals surface area contributed by atoms with Crippen molar-refractivity contribution in [1.29, 1.82) is 0 Å². The van der Waals surface area contributed by atoms with E-state index in [0.717, 1.165) is 37.6 Å². The molecule has 0 saturated carbocycles. The molecule has 2 rings (SSSR count). The SMILES string of the molecule is CC1CCCN(C(=O)CCOc2cccc(N)c2)CC1. The van der Waals surface area contributed by atoms with Gasteiger partial charge >= 0.3 is 0 Å². The molecule has 1 heterocycles. The van der Waals surface area contributed by atoms with Crippen LogP contribution in [0.25, 0.3) is 0 Å². The van der Waals surface area contributed by atoms with Crippen LogP contribution in [0.1, 0.15) is 32.6 Å². The third kappa shape index (κ3) is 4.44. The van der Waals surface area contributed by atoms with Crippen molar-refractivity contribution >= 4 is 11.6 Å². The minimum absolute atomic E-state index is 0.197. The Morgan fingerprint density at radius 1 is 1.40 bits per heavy atom. The van der Waals surface area contributed by atoms with Crippen LogP contribution in [0.4, 0.5) is 5.69 Å². The van der Waals surface area contributed by atoms with E-state index in [4.69, 9.17) is 10.5 Å². The molecule has 1 unspecified atom stereocenters. The number of benzene rings is 1. The van der Waals surface area contributed by atoms with Gasteiger partial charge in [-0.1, -0.05) is 13.0 Å². The van der Waals surface area contributed by atoms with E-state index < -0.39 is 0 Å². The molecule has 0 aliphatic carbocycles. The van der Waals surface area contributed by atoms with Crippen LogP contribution in [-0.2, 0) is 4.79 Å². The van der Waals surface area contributed by atoms with Crippen molar-refractivity contribution in [2.75, 3.05) is 25.4 Å². The molecule has 1 fully saturated rings. The topological polar surface area (TPSA) is 55.6 Å². The van der Waals surface area contributed by atoms with Gasteiger partial charge in [0.05, 0.1) is 13.0 Å². The summed E-state index contributed by atoms with van der Waals surface area (Å²) in [7, 11) is 0. The number of nitrogens with zero attached hydrogens (tertiary/aromatic N) is 1. The zero-order valence-corrected chi connectivity index (χ0v) is 12.2. The summed E-state index contributed by atoms with van der Waals surface area (Å²) < 4.78 is 5.57. The average molecular weight is 276 g/mol. The van der Waals surface area contributed by atoms with Crippen molar-refractivity contribution < 1.29 is 9.53 Å². The van der Waals surface area contributed by atoms with Crippen LogP contribution >= 0.6 is 0 Å². The molecule has 1 atom stereocenters. The van der Waals surface area contributed by atoms with Crippen LogP contribution in [0, 0.1) is 5.92 Å². The summed E-state index contributed by atoms with van der Waals surface area (Å²) in [5.74, 6) is 1.65. The first-order valence-corrected chi connectivity index (χ1v) is 7.41. The Balaban J connectivity index is 1.74. The predicted molar refractivity (Wildman–Crippen MR) is 80.6 cm³/mol. The Morgan fingerprint density at radius 3 is 3.05 bits per heavy atom. The third-order valence-electron chi connectivity index (χ3n) is 3.81. The van der Waals surface area contributed by atoms with Crippen LogP contribution in [0.15, 0.2) is 24.3 Å². The molecule has 2 N–H and O–H groups in total. The standard InChI is InChI=1S/C16H24N2O2/c1-13-4-3-9-18(10-7-13)16(19)8-11-20-15-6-2-5-14(17)12-15/h2,5-6,12-13H,3-4,7-11,17H2,1H3. The van der Waals surface area contributed by atoms with Gasteiger partial charge in [0, 0.05) is 24.8 Å². The maximum atomic E-state index is 12.1. The van der Waals surface area contributed by atoms with Gasteiger partial charge in [-0.15, -0.1) is 0 Å².